The zero-order valence-corrected chi connectivity index (χ0v) is 19.2. The molecule has 0 unspecified atom stereocenters. The predicted molar refractivity (Wildman–Crippen MR) is 126 cm³/mol. The van der Waals surface area contributed by atoms with Crippen molar-refractivity contribution in [2.75, 3.05) is 29.5 Å². The highest BCUT2D eigenvalue weighted by Crippen LogP contribution is 2.22. The Balaban J connectivity index is 1.36. The number of amides is 1. The summed E-state index contributed by atoms with van der Waals surface area (Å²) in [6.07, 6.45) is 3.84. The van der Waals surface area contributed by atoms with Gasteiger partial charge in [0.1, 0.15) is 0 Å². The summed E-state index contributed by atoms with van der Waals surface area (Å²) in [5, 5.41) is 2.89. The Kier molecular flexibility index (Phi) is 7.20. The van der Waals surface area contributed by atoms with E-state index in [0.29, 0.717) is 12.1 Å². The second-order valence-corrected chi connectivity index (χ2v) is 11.0. The van der Waals surface area contributed by atoms with Gasteiger partial charge in [0.25, 0.3) is 5.91 Å². The molecule has 1 amide bonds. The first-order valence-corrected chi connectivity index (χ1v) is 13.5. The normalized spacial score (nSPS) is 17.6. The number of anilines is 1. The van der Waals surface area contributed by atoms with E-state index in [1.165, 1.54) is 17.8 Å². The lowest BCUT2D eigenvalue weighted by Gasteiger charge is -2.28. The van der Waals surface area contributed by atoms with Gasteiger partial charge >= 0.3 is 0 Å². The largest absolute Gasteiger partial charge is 0.370 e. The fourth-order valence-corrected chi connectivity index (χ4v) is 6.32. The maximum absolute atomic E-state index is 12.7. The van der Waals surface area contributed by atoms with Crippen molar-refractivity contribution in [1.29, 1.82) is 0 Å². The highest BCUT2D eigenvalue weighted by Gasteiger charge is 2.23. The van der Waals surface area contributed by atoms with Crippen molar-refractivity contribution in [2.24, 2.45) is 0 Å². The Morgan fingerprint density at radius 3 is 2.45 bits per heavy atom. The van der Waals surface area contributed by atoms with E-state index >= 15 is 0 Å². The smallest absolute Gasteiger partial charge is 0.251 e. The van der Waals surface area contributed by atoms with Crippen LogP contribution < -0.4 is 14.9 Å². The first kappa shape index (κ1) is 22.2. The zero-order chi connectivity index (χ0) is 21.7. The molecule has 31 heavy (non-hydrogen) atoms. The van der Waals surface area contributed by atoms with Crippen molar-refractivity contribution in [3.63, 3.8) is 0 Å². The second-order valence-electron chi connectivity index (χ2n) is 8.08. The average molecular weight is 460 g/mol. The third-order valence-electron chi connectivity index (χ3n) is 5.85. The highest BCUT2D eigenvalue weighted by molar-refractivity contribution is 7.99. The number of rotatable bonds is 7. The van der Waals surface area contributed by atoms with Gasteiger partial charge in [0, 0.05) is 48.4 Å². The maximum Gasteiger partial charge on any atom is 0.251 e. The molecule has 1 heterocycles. The predicted octanol–water partition coefficient (Wildman–Crippen LogP) is 3.39. The first-order chi connectivity index (χ1) is 15.0. The van der Waals surface area contributed by atoms with Crippen molar-refractivity contribution >= 4 is 33.4 Å². The van der Waals surface area contributed by atoms with E-state index in [9.17, 15) is 13.2 Å². The van der Waals surface area contributed by atoms with Gasteiger partial charge in [-0.3, -0.25) is 4.79 Å². The van der Waals surface area contributed by atoms with Gasteiger partial charge in [0.2, 0.25) is 10.0 Å². The van der Waals surface area contributed by atoms with Crippen molar-refractivity contribution in [2.45, 2.75) is 43.2 Å². The molecular formula is C23H29N3O3S2. The zero-order valence-electron chi connectivity index (χ0n) is 17.5. The van der Waals surface area contributed by atoms with Gasteiger partial charge in [-0.2, -0.15) is 11.8 Å². The Morgan fingerprint density at radius 1 is 1.03 bits per heavy atom. The minimum Gasteiger partial charge on any atom is -0.370 e. The van der Waals surface area contributed by atoms with Gasteiger partial charge in [-0.25, -0.2) is 13.1 Å². The summed E-state index contributed by atoms with van der Waals surface area (Å²) in [6, 6.07) is 14.5. The molecule has 0 aromatic heterocycles. The average Bonchev–Trinajstić information content (AvgIpc) is 3.31. The van der Waals surface area contributed by atoms with Gasteiger partial charge in [-0.1, -0.05) is 31.0 Å². The lowest BCUT2D eigenvalue weighted by atomic mass is 10.1. The van der Waals surface area contributed by atoms with Crippen LogP contribution in [-0.2, 0) is 16.6 Å². The van der Waals surface area contributed by atoms with Crippen molar-refractivity contribution in [3.8, 4) is 0 Å². The van der Waals surface area contributed by atoms with Gasteiger partial charge < -0.3 is 10.2 Å². The summed E-state index contributed by atoms with van der Waals surface area (Å²) in [6.45, 7) is 2.53. The van der Waals surface area contributed by atoms with Crippen LogP contribution in [-0.4, -0.2) is 45.0 Å². The van der Waals surface area contributed by atoms with E-state index < -0.39 is 10.0 Å². The molecule has 0 spiro atoms. The van der Waals surface area contributed by atoms with Crippen molar-refractivity contribution in [1.82, 2.24) is 10.0 Å². The molecule has 1 aliphatic heterocycles. The summed E-state index contributed by atoms with van der Waals surface area (Å²) < 4.78 is 28.1. The molecule has 1 saturated heterocycles. The van der Waals surface area contributed by atoms with Gasteiger partial charge in [-0.15, -0.1) is 0 Å². The fraction of sp³-hybridized carbons (Fsp3) is 0.435. The molecule has 8 heteroatoms. The fourth-order valence-electron chi connectivity index (χ4n) is 4.07. The Hall–Kier alpha value is -2.03. The topological polar surface area (TPSA) is 78.5 Å². The number of sulfonamides is 1. The summed E-state index contributed by atoms with van der Waals surface area (Å²) >= 11 is 1.98. The molecule has 2 N–H and O–H groups in total. The quantitative estimate of drug-likeness (QED) is 0.664. The van der Waals surface area contributed by atoms with Gasteiger partial charge in [0.05, 0.1) is 4.90 Å². The van der Waals surface area contributed by atoms with E-state index in [-0.39, 0.29) is 16.8 Å². The summed E-state index contributed by atoms with van der Waals surface area (Å²) in [5.41, 5.74) is 2.56. The number of thioether (sulfide) groups is 1. The van der Waals surface area contributed by atoms with Crippen LogP contribution in [0.2, 0.25) is 0 Å². The highest BCUT2D eigenvalue weighted by atomic mass is 32.2. The minimum absolute atomic E-state index is 0.00542. The Labute approximate surface area is 188 Å². The number of nitrogens with zero attached hydrogens (tertiary/aromatic N) is 1. The molecule has 2 aromatic carbocycles. The van der Waals surface area contributed by atoms with E-state index in [0.717, 1.165) is 55.8 Å². The number of nitrogens with one attached hydrogen (secondary N) is 2. The van der Waals surface area contributed by atoms with Crippen LogP contribution in [0.1, 0.15) is 41.6 Å². The summed E-state index contributed by atoms with van der Waals surface area (Å²) in [4.78, 5) is 15.1. The molecule has 0 atom stereocenters. The lowest BCUT2D eigenvalue weighted by Crippen LogP contribution is -2.33. The van der Waals surface area contributed by atoms with E-state index in [1.807, 2.05) is 23.9 Å². The third kappa shape index (κ3) is 5.81. The molecule has 166 valence electrons. The second kappa shape index (κ2) is 10.1. The maximum atomic E-state index is 12.7. The van der Waals surface area contributed by atoms with Crippen LogP contribution in [0.4, 0.5) is 5.69 Å². The molecule has 4 rings (SSSR count). The number of hydrogen-bond donors (Lipinski definition) is 2. The summed E-state index contributed by atoms with van der Waals surface area (Å²) in [5.74, 6) is 2.03. The van der Waals surface area contributed by atoms with Crippen LogP contribution in [0.25, 0.3) is 0 Å². The van der Waals surface area contributed by atoms with Crippen molar-refractivity contribution in [3.05, 3.63) is 59.7 Å². The Bertz CT molecular complexity index is 997. The molecule has 0 bridgehead atoms. The summed E-state index contributed by atoms with van der Waals surface area (Å²) in [7, 11) is -3.62. The van der Waals surface area contributed by atoms with Crippen LogP contribution in [0.3, 0.4) is 0 Å². The van der Waals surface area contributed by atoms with Gasteiger partial charge in [0.15, 0.2) is 0 Å². The first-order valence-electron chi connectivity index (χ1n) is 10.8. The third-order valence-corrected chi connectivity index (χ3v) is 8.31. The number of benzene rings is 2. The molecule has 6 nitrogen and oxygen atoms in total. The van der Waals surface area contributed by atoms with Crippen LogP contribution >= 0.6 is 11.8 Å². The van der Waals surface area contributed by atoms with Crippen LogP contribution in [0, 0.1) is 0 Å². The lowest BCUT2D eigenvalue weighted by molar-refractivity contribution is 0.0950. The molecule has 1 aliphatic carbocycles. The minimum atomic E-state index is -3.62. The SMILES string of the molecule is O=C(NCc1ccc(N2CCSCC2)cc1)c1cccc(S(=O)(=O)NC2CCCC2)c1. The number of carbonyl (C=O) groups is 1. The number of hydrogen-bond acceptors (Lipinski definition) is 5. The standard InChI is InChI=1S/C23H29N3O3S2/c27-23(24-17-18-8-10-21(11-9-18)26-12-14-30-15-13-26)19-4-3-7-22(16-19)31(28,29)25-20-5-1-2-6-20/h3-4,7-11,16,20,25H,1-2,5-6,12-15,17H2,(H,24,27). The van der Waals surface area contributed by atoms with E-state index in [2.05, 4.69) is 27.1 Å². The van der Waals surface area contributed by atoms with Crippen LogP contribution in [0.5, 0.6) is 0 Å². The monoisotopic (exact) mass is 459 g/mol. The molecule has 2 aliphatic rings. The Morgan fingerprint density at radius 2 is 1.74 bits per heavy atom. The van der Waals surface area contributed by atoms with Crippen molar-refractivity contribution < 1.29 is 13.2 Å². The molecule has 1 saturated carbocycles. The van der Waals surface area contributed by atoms with Gasteiger partial charge in [-0.05, 0) is 48.7 Å². The van der Waals surface area contributed by atoms with E-state index in [4.69, 9.17) is 0 Å². The molecule has 2 aromatic rings. The molecule has 2 fully saturated rings. The molecular weight excluding hydrogens is 430 g/mol. The number of carbonyl (C=O) groups excluding carboxylic acids is 1. The molecule has 0 radical (unpaired) electrons. The van der Waals surface area contributed by atoms with E-state index in [1.54, 1.807) is 12.1 Å². The van der Waals surface area contributed by atoms with Crippen LogP contribution in [0.15, 0.2) is 53.4 Å².